The summed E-state index contributed by atoms with van der Waals surface area (Å²) in [6.45, 7) is 0. The summed E-state index contributed by atoms with van der Waals surface area (Å²) in [6.07, 6.45) is 2.45. The van der Waals surface area contributed by atoms with E-state index in [-0.39, 0.29) is 33.1 Å². The minimum atomic E-state index is -0.635. The van der Waals surface area contributed by atoms with E-state index in [1.807, 2.05) is 0 Å². The van der Waals surface area contributed by atoms with Crippen molar-refractivity contribution in [1.29, 1.82) is 0 Å². The van der Waals surface area contributed by atoms with Crippen LogP contribution < -0.4 is 16.6 Å². The van der Waals surface area contributed by atoms with Crippen LogP contribution in [0.15, 0.2) is 94.8 Å². The van der Waals surface area contributed by atoms with Crippen molar-refractivity contribution in [2.24, 2.45) is 0 Å². The monoisotopic (exact) mass is 590 g/mol. The first-order chi connectivity index (χ1) is 21.1. The molecule has 6 aromatic rings. The van der Waals surface area contributed by atoms with Crippen molar-refractivity contribution in [3.8, 4) is 0 Å². The quantitative estimate of drug-likeness (QED) is 0.173. The van der Waals surface area contributed by atoms with Crippen molar-refractivity contribution in [2.75, 3.05) is 20.0 Å². The van der Waals surface area contributed by atoms with E-state index in [0.717, 1.165) is 6.20 Å². The first-order valence-corrected chi connectivity index (χ1v) is 12.9. The standard InChI is InChI=1S/C16H10N2O5.C16H12N2O3/c1-23-16(20)13-7-9-6-10(18(21)22)8-17-14(9)15(19)12-5-3-2-4-11(12)13;1-21-16(20)13-7-9-6-10(17)8-18-14(9)15(19)12-5-3-2-4-11(12)13/h2-8H,1H3;2-8H,17H2,1H3. The lowest BCUT2D eigenvalue weighted by atomic mass is 10.1. The van der Waals surface area contributed by atoms with E-state index < -0.39 is 22.3 Å². The Morgan fingerprint density at radius 3 is 1.59 bits per heavy atom. The molecule has 0 bridgehead atoms. The smallest absolute Gasteiger partial charge is 0.338 e. The number of nitrogen functional groups attached to an aromatic ring is 1. The highest BCUT2D eigenvalue weighted by atomic mass is 16.6. The predicted octanol–water partition coefficient (Wildman–Crippen LogP) is 4.56. The zero-order valence-electron chi connectivity index (χ0n) is 23.3. The van der Waals surface area contributed by atoms with E-state index in [1.54, 1.807) is 60.7 Å². The second-order valence-electron chi connectivity index (χ2n) is 9.44. The third kappa shape index (κ3) is 5.34. The number of carbonyl (C=O) groups is 2. The Morgan fingerprint density at radius 2 is 1.14 bits per heavy atom. The molecule has 12 nitrogen and oxygen atoms in total. The molecule has 0 aliphatic carbocycles. The number of esters is 2. The van der Waals surface area contributed by atoms with Crippen molar-refractivity contribution in [1.82, 2.24) is 9.97 Å². The molecule has 0 aliphatic rings. The maximum Gasteiger partial charge on any atom is 0.338 e. The number of ether oxygens (including phenoxy) is 2. The third-order valence-corrected chi connectivity index (χ3v) is 6.82. The molecule has 0 amide bonds. The van der Waals surface area contributed by atoms with Crippen LogP contribution in [0.3, 0.4) is 0 Å². The summed E-state index contributed by atoms with van der Waals surface area (Å²) >= 11 is 0. The van der Waals surface area contributed by atoms with Crippen LogP contribution >= 0.6 is 0 Å². The van der Waals surface area contributed by atoms with Crippen LogP contribution in [0, 0.1) is 10.1 Å². The number of anilines is 1. The van der Waals surface area contributed by atoms with Crippen molar-refractivity contribution < 1.29 is 24.0 Å². The van der Waals surface area contributed by atoms with Gasteiger partial charge >= 0.3 is 11.9 Å². The maximum absolute atomic E-state index is 12.6. The molecule has 0 atom stereocenters. The summed E-state index contributed by atoms with van der Waals surface area (Å²) in [7, 11) is 2.53. The zero-order valence-corrected chi connectivity index (χ0v) is 23.3. The molecule has 2 heterocycles. The van der Waals surface area contributed by atoms with Crippen molar-refractivity contribution in [3.05, 3.63) is 127 Å². The van der Waals surface area contributed by atoms with E-state index in [4.69, 9.17) is 15.2 Å². The lowest BCUT2D eigenvalue weighted by Crippen LogP contribution is -2.02. The fourth-order valence-corrected chi connectivity index (χ4v) is 4.78. The van der Waals surface area contributed by atoms with Gasteiger partial charge in [0.05, 0.1) is 42.2 Å². The highest BCUT2D eigenvalue weighted by molar-refractivity contribution is 6.08. The topological polar surface area (TPSA) is 182 Å². The van der Waals surface area contributed by atoms with Crippen molar-refractivity contribution in [3.63, 3.8) is 0 Å². The van der Waals surface area contributed by atoms with Crippen LogP contribution in [0.2, 0.25) is 0 Å². The van der Waals surface area contributed by atoms with Crippen LogP contribution in [-0.2, 0) is 9.47 Å². The van der Waals surface area contributed by atoms with Gasteiger partial charge in [-0.1, -0.05) is 48.5 Å². The summed E-state index contributed by atoms with van der Waals surface area (Å²) in [4.78, 5) is 67.7. The maximum atomic E-state index is 12.6. The van der Waals surface area contributed by atoms with Crippen LogP contribution in [0.1, 0.15) is 20.7 Å². The summed E-state index contributed by atoms with van der Waals surface area (Å²) in [6, 6.07) is 19.3. The van der Waals surface area contributed by atoms with Gasteiger partial charge < -0.3 is 15.2 Å². The summed E-state index contributed by atoms with van der Waals surface area (Å²) in [5, 5.41) is 13.3. The lowest BCUT2D eigenvalue weighted by Gasteiger charge is -2.00. The first-order valence-electron chi connectivity index (χ1n) is 12.9. The fourth-order valence-electron chi connectivity index (χ4n) is 4.78. The molecular formula is C32H22N4O8. The molecule has 0 saturated carbocycles. The number of hydrogen-bond acceptors (Lipinski definition) is 11. The molecule has 0 aliphatic heterocycles. The molecule has 12 heteroatoms. The molecule has 0 saturated heterocycles. The van der Waals surface area contributed by atoms with Crippen molar-refractivity contribution in [2.45, 2.75) is 0 Å². The number of fused-ring (bicyclic) bond motifs is 4. The molecule has 44 heavy (non-hydrogen) atoms. The van der Waals surface area contributed by atoms with Crippen LogP contribution in [0.25, 0.3) is 43.4 Å². The summed E-state index contributed by atoms with van der Waals surface area (Å²) < 4.78 is 9.57. The lowest BCUT2D eigenvalue weighted by molar-refractivity contribution is -0.385. The highest BCUT2D eigenvalue weighted by Gasteiger charge is 2.17. The van der Waals surface area contributed by atoms with Gasteiger partial charge in [0.25, 0.3) is 5.69 Å². The van der Waals surface area contributed by atoms with Gasteiger partial charge in [-0.3, -0.25) is 19.7 Å². The Hall–Kier alpha value is -6.30. The number of aromatic nitrogens is 2. The SMILES string of the molecule is COC(=O)c1cc2cc(N)cnc2c(=O)c2ccccc12.COC(=O)c1cc2cc([N+](=O)[O-])cnc2c(=O)c2ccccc12. The van der Waals surface area contributed by atoms with Crippen LogP contribution in [-0.4, -0.2) is 41.0 Å². The molecule has 4 aromatic carbocycles. The predicted molar refractivity (Wildman–Crippen MR) is 165 cm³/mol. The Bertz CT molecular complexity index is 2290. The molecule has 0 fully saturated rings. The molecule has 2 aromatic heterocycles. The average molecular weight is 591 g/mol. The molecule has 0 unspecified atom stereocenters. The number of nitrogens with zero attached hydrogens (tertiary/aromatic N) is 3. The summed E-state index contributed by atoms with van der Waals surface area (Å²) in [5.74, 6) is -1.14. The number of pyridine rings is 2. The molecular weight excluding hydrogens is 568 g/mol. The number of nitrogens with two attached hydrogens (primary N) is 1. The Kier molecular flexibility index (Phi) is 7.90. The average Bonchev–Trinajstić information content (AvgIpc) is 3.25. The van der Waals surface area contributed by atoms with E-state index in [2.05, 4.69) is 9.97 Å². The Morgan fingerprint density at radius 1 is 0.705 bits per heavy atom. The molecule has 0 radical (unpaired) electrons. The van der Waals surface area contributed by atoms with Gasteiger partial charge in [0, 0.05) is 38.4 Å². The zero-order chi connectivity index (χ0) is 31.5. The van der Waals surface area contributed by atoms with Gasteiger partial charge in [0.2, 0.25) is 10.9 Å². The minimum Gasteiger partial charge on any atom is -0.465 e. The fraction of sp³-hybridized carbons (Fsp3) is 0.0625. The highest BCUT2D eigenvalue weighted by Crippen LogP contribution is 2.23. The number of nitro groups is 1. The third-order valence-electron chi connectivity index (χ3n) is 6.82. The molecule has 0 spiro atoms. The van der Waals surface area contributed by atoms with Gasteiger partial charge in [-0.25, -0.2) is 19.6 Å². The molecule has 2 N–H and O–H groups in total. The van der Waals surface area contributed by atoms with Gasteiger partial charge in [0.15, 0.2) is 0 Å². The van der Waals surface area contributed by atoms with Gasteiger partial charge in [-0.15, -0.1) is 0 Å². The van der Waals surface area contributed by atoms with E-state index >= 15 is 0 Å². The number of hydrogen-bond donors (Lipinski definition) is 1. The summed E-state index contributed by atoms with van der Waals surface area (Å²) in [5.41, 5.74) is 6.03. The second kappa shape index (κ2) is 11.9. The second-order valence-corrected chi connectivity index (χ2v) is 9.44. The normalized spacial score (nSPS) is 10.7. The van der Waals surface area contributed by atoms with Gasteiger partial charge in [-0.2, -0.15) is 0 Å². The Balaban J connectivity index is 0.000000175. The van der Waals surface area contributed by atoms with E-state index in [1.165, 1.54) is 32.5 Å². The van der Waals surface area contributed by atoms with E-state index in [9.17, 15) is 29.3 Å². The number of rotatable bonds is 3. The van der Waals surface area contributed by atoms with Crippen LogP contribution in [0.4, 0.5) is 11.4 Å². The first kappa shape index (κ1) is 29.2. The number of methoxy groups -OCH3 is 2. The largest absolute Gasteiger partial charge is 0.465 e. The number of carbonyl (C=O) groups excluding carboxylic acids is 2. The molecule has 6 rings (SSSR count). The van der Waals surface area contributed by atoms with Crippen LogP contribution in [0.5, 0.6) is 0 Å². The van der Waals surface area contributed by atoms with Gasteiger partial charge in [-0.05, 0) is 18.2 Å². The van der Waals surface area contributed by atoms with Crippen molar-refractivity contribution >= 4 is 66.7 Å². The molecule has 218 valence electrons. The Labute approximate surface area is 247 Å². The minimum absolute atomic E-state index is 0.0574. The van der Waals surface area contributed by atoms with E-state index in [0.29, 0.717) is 38.2 Å². The van der Waals surface area contributed by atoms with Gasteiger partial charge in [0.1, 0.15) is 17.2 Å². The number of benzene rings is 2.